The first kappa shape index (κ1) is 20.2. The Morgan fingerprint density at radius 2 is 1.68 bits per heavy atom. The van der Waals surface area contributed by atoms with Crippen LogP contribution in [0, 0.1) is 12.8 Å². The maximum Gasteiger partial charge on any atom is 0.243 e. The number of nitrogens with zero attached hydrogens (tertiary/aromatic N) is 2. The van der Waals surface area contributed by atoms with Crippen molar-refractivity contribution < 1.29 is 13.2 Å². The summed E-state index contributed by atoms with van der Waals surface area (Å²) in [5, 5.41) is 0. The van der Waals surface area contributed by atoms with Gasteiger partial charge in [0, 0.05) is 38.1 Å². The number of amides is 1. The number of benzene rings is 1. The second-order valence-corrected chi connectivity index (χ2v) is 8.76. The molecule has 0 unspecified atom stereocenters. The molecule has 0 saturated carbocycles. The molecule has 1 aromatic rings. The highest BCUT2D eigenvalue weighted by Crippen LogP contribution is 2.26. The van der Waals surface area contributed by atoms with Gasteiger partial charge in [0.25, 0.3) is 0 Å². The van der Waals surface area contributed by atoms with E-state index in [1.807, 2.05) is 11.8 Å². The van der Waals surface area contributed by atoms with Gasteiger partial charge in [-0.25, -0.2) is 8.42 Å². The van der Waals surface area contributed by atoms with E-state index >= 15 is 0 Å². The molecule has 3 rings (SSSR count). The van der Waals surface area contributed by atoms with Crippen LogP contribution in [0.15, 0.2) is 29.2 Å². The average molecular weight is 388 g/mol. The Morgan fingerprint density at radius 1 is 1.08 bits per heavy atom. The molecule has 0 bridgehead atoms. The van der Waals surface area contributed by atoms with Crippen LogP contribution in [0.1, 0.15) is 24.8 Å². The Labute approximate surface area is 155 Å². The zero-order chi connectivity index (χ0) is 17.3. The fourth-order valence-corrected chi connectivity index (χ4v) is 4.92. The van der Waals surface area contributed by atoms with Gasteiger partial charge in [0.05, 0.1) is 4.90 Å². The number of hydrogen-bond donors (Lipinski definition) is 1. The second kappa shape index (κ2) is 8.03. The fourth-order valence-electron chi connectivity index (χ4n) is 3.45. The predicted octanol–water partition coefficient (Wildman–Crippen LogP) is 1.38. The number of carbonyl (C=O) groups is 1. The minimum atomic E-state index is -3.47. The van der Waals surface area contributed by atoms with E-state index in [1.165, 1.54) is 4.31 Å². The van der Waals surface area contributed by atoms with Gasteiger partial charge in [0.1, 0.15) is 0 Å². The summed E-state index contributed by atoms with van der Waals surface area (Å²) in [6.07, 6.45) is 2.01. The van der Waals surface area contributed by atoms with Gasteiger partial charge >= 0.3 is 0 Å². The highest BCUT2D eigenvalue weighted by molar-refractivity contribution is 7.89. The average Bonchev–Trinajstić information content (AvgIpc) is 3.01. The van der Waals surface area contributed by atoms with Crippen molar-refractivity contribution in [3.8, 4) is 0 Å². The third-order valence-corrected chi connectivity index (χ3v) is 6.91. The lowest BCUT2D eigenvalue weighted by Crippen LogP contribution is -2.44. The Kier molecular flexibility index (Phi) is 6.48. The van der Waals surface area contributed by atoms with Crippen molar-refractivity contribution in [2.45, 2.75) is 37.1 Å². The predicted molar refractivity (Wildman–Crippen MR) is 99.1 cm³/mol. The van der Waals surface area contributed by atoms with Crippen LogP contribution >= 0.6 is 12.4 Å². The topological polar surface area (TPSA) is 83.7 Å². The van der Waals surface area contributed by atoms with Gasteiger partial charge in [0.2, 0.25) is 15.9 Å². The van der Waals surface area contributed by atoms with Crippen LogP contribution in [0.25, 0.3) is 0 Å². The van der Waals surface area contributed by atoms with Crippen LogP contribution in [-0.4, -0.2) is 55.8 Å². The Morgan fingerprint density at radius 3 is 2.20 bits per heavy atom. The van der Waals surface area contributed by atoms with E-state index in [4.69, 9.17) is 5.73 Å². The normalized spacial score (nSPS) is 22.6. The highest BCUT2D eigenvalue weighted by atomic mass is 35.5. The molecule has 8 heteroatoms. The summed E-state index contributed by atoms with van der Waals surface area (Å²) in [6, 6.07) is 6.98. The molecule has 2 fully saturated rings. The third kappa shape index (κ3) is 4.34. The maximum atomic E-state index is 12.7. The summed E-state index contributed by atoms with van der Waals surface area (Å²) in [5.41, 5.74) is 6.89. The minimum Gasteiger partial charge on any atom is -0.341 e. The molecule has 1 amide bonds. The number of carbonyl (C=O) groups excluding carboxylic acids is 1. The Balaban J connectivity index is 0.00000225. The Hall–Kier alpha value is -1.15. The smallest absolute Gasteiger partial charge is 0.243 e. The number of likely N-dealkylation sites (tertiary alicyclic amines) is 1. The third-order valence-electron chi connectivity index (χ3n) is 5.00. The quantitative estimate of drug-likeness (QED) is 0.849. The number of halogens is 1. The summed E-state index contributed by atoms with van der Waals surface area (Å²) in [7, 11) is -3.47. The van der Waals surface area contributed by atoms with E-state index in [0.29, 0.717) is 37.4 Å². The van der Waals surface area contributed by atoms with Crippen LogP contribution in [0.2, 0.25) is 0 Å². The molecule has 6 nitrogen and oxygen atoms in total. The molecule has 1 aromatic carbocycles. The van der Waals surface area contributed by atoms with E-state index in [9.17, 15) is 13.2 Å². The van der Waals surface area contributed by atoms with Crippen molar-refractivity contribution in [3.63, 3.8) is 0 Å². The van der Waals surface area contributed by atoms with Crippen molar-refractivity contribution in [1.82, 2.24) is 9.21 Å². The highest BCUT2D eigenvalue weighted by Gasteiger charge is 2.35. The zero-order valence-corrected chi connectivity index (χ0v) is 16.1. The molecule has 2 aliphatic heterocycles. The number of sulfonamides is 1. The molecule has 25 heavy (non-hydrogen) atoms. The first-order valence-corrected chi connectivity index (χ1v) is 9.93. The van der Waals surface area contributed by atoms with Gasteiger partial charge in [-0.1, -0.05) is 17.7 Å². The summed E-state index contributed by atoms with van der Waals surface area (Å²) >= 11 is 0. The summed E-state index contributed by atoms with van der Waals surface area (Å²) < 4.78 is 26.9. The van der Waals surface area contributed by atoms with Gasteiger partial charge < -0.3 is 10.6 Å². The van der Waals surface area contributed by atoms with E-state index in [2.05, 4.69) is 0 Å². The molecular formula is C17H26ClN3O3S. The van der Waals surface area contributed by atoms with Gasteiger partial charge in [-0.3, -0.25) is 4.79 Å². The monoisotopic (exact) mass is 387 g/mol. The van der Waals surface area contributed by atoms with Crippen LogP contribution in [-0.2, 0) is 14.8 Å². The van der Waals surface area contributed by atoms with Gasteiger partial charge in [-0.15, -0.1) is 12.4 Å². The molecular weight excluding hydrogens is 362 g/mol. The lowest BCUT2D eigenvalue weighted by molar-refractivity contribution is -0.135. The molecule has 0 radical (unpaired) electrons. The van der Waals surface area contributed by atoms with Crippen molar-refractivity contribution in [2.75, 3.05) is 26.2 Å². The second-order valence-electron chi connectivity index (χ2n) is 6.82. The summed E-state index contributed by atoms with van der Waals surface area (Å²) in [4.78, 5) is 14.7. The van der Waals surface area contributed by atoms with Crippen molar-refractivity contribution in [1.29, 1.82) is 0 Å². The standard InChI is InChI=1S/C17H25N3O3S.ClH/c1-13-2-4-16(5-3-13)24(22,23)20-10-6-14(7-11-20)17(21)19-9-8-15(18)12-19;/h2-5,14-15H,6-12,18H2,1H3;1H/t15-;/m1./s1. The van der Waals surface area contributed by atoms with Crippen LogP contribution < -0.4 is 5.73 Å². The number of piperidine rings is 1. The zero-order valence-electron chi connectivity index (χ0n) is 14.4. The summed E-state index contributed by atoms with van der Waals surface area (Å²) in [6.45, 7) is 4.07. The van der Waals surface area contributed by atoms with Gasteiger partial charge in [-0.05, 0) is 38.3 Å². The van der Waals surface area contributed by atoms with Crippen LogP contribution in [0.4, 0.5) is 0 Å². The summed E-state index contributed by atoms with van der Waals surface area (Å²) in [5.74, 6) is 0.0510. The fraction of sp³-hybridized carbons (Fsp3) is 0.588. The number of hydrogen-bond acceptors (Lipinski definition) is 4. The van der Waals surface area contributed by atoms with E-state index in [-0.39, 0.29) is 30.3 Å². The molecule has 140 valence electrons. The van der Waals surface area contributed by atoms with Crippen molar-refractivity contribution in [2.24, 2.45) is 11.7 Å². The first-order chi connectivity index (χ1) is 11.4. The molecule has 0 aromatic heterocycles. The molecule has 1 atom stereocenters. The molecule has 2 heterocycles. The lowest BCUT2D eigenvalue weighted by atomic mass is 9.97. The van der Waals surface area contributed by atoms with E-state index in [0.717, 1.165) is 18.5 Å². The molecule has 0 spiro atoms. The number of rotatable bonds is 3. The molecule has 2 N–H and O–H groups in total. The largest absolute Gasteiger partial charge is 0.341 e. The van der Waals surface area contributed by atoms with Gasteiger partial charge in [0.15, 0.2) is 0 Å². The van der Waals surface area contributed by atoms with Crippen LogP contribution in [0.3, 0.4) is 0 Å². The Bertz CT molecular complexity index is 700. The van der Waals surface area contributed by atoms with E-state index in [1.54, 1.807) is 24.3 Å². The maximum absolute atomic E-state index is 12.7. The molecule has 2 aliphatic rings. The van der Waals surface area contributed by atoms with Crippen molar-refractivity contribution >= 4 is 28.3 Å². The van der Waals surface area contributed by atoms with Crippen LogP contribution in [0.5, 0.6) is 0 Å². The minimum absolute atomic E-state index is 0. The van der Waals surface area contributed by atoms with E-state index < -0.39 is 10.0 Å². The van der Waals surface area contributed by atoms with Gasteiger partial charge in [-0.2, -0.15) is 4.31 Å². The molecule has 2 saturated heterocycles. The lowest BCUT2D eigenvalue weighted by Gasteiger charge is -2.32. The van der Waals surface area contributed by atoms with Crippen molar-refractivity contribution in [3.05, 3.63) is 29.8 Å². The number of aryl methyl sites for hydroxylation is 1. The number of nitrogens with two attached hydrogens (primary N) is 1. The SMILES string of the molecule is Cc1ccc(S(=O)(=O)N2CCC(C(=O)N3CC[C@@H](N)C3)CC2)cc1.Cl. The first-order valence-electron chi connectivity index (χ1n) is 8.49. The molecule has 0 aliphatic carbocycles.